The summed E-state index contributed by atoms with van der Waals surface area (Å²) in [6, 6.07) is 2.72. The van der Waals surface area contributed by atoms with E-state index in [1.165, 1.54) is 0 Å². The van der Waals surface area contributed by atoms with Gasteiger partial charge < -0.3 is 20.4 Å². The number of aliphatic hydroxyl groups excluding tert-OH is 2. The van der Waals surface area contributed by atoms with Gasteiger partial charge in [0.2, 0.25) is 0 Å². The van der Waals surface area contributed by atoms with Crippen LogP contribution in [0.4, 0.5) is 5.69 Å². The van der Waals surface area contributed by atoms with E-state index < -0.39 is 41.2 Å². The first-order valence-corrected chi connectivity index (χ1v) is 5.33. The number of nitrogens with zero attached hydrogens (tertiary/aromatic N) is 1. The van der Waals surface area contributed by atoms with E-state index in [-0.39, 0.29) is 11.1 Å². The van der Waals surface area contributed by atoms with Crippen molar-refractivity contribution in [2.75, 3.05) is 0 Å². The van der Waals surface area contributed by atoms with Crippen LogP contribution >= 0.6 is 0 Å². The van der Waals surface area contributed by atoms with Crippen molar-refractivity contribution in [2.24, 2.45) is 0 Å². The van der Waals surface area contributed by atoms with Crippen LogP contribution in [0.3, 0.4) is 0 Å². The maximum atomic E-state index is 10.8. The zero-order valence-electron chi connectivity index (χ0n) is 9.96. The lowest BCUT2D eigenvalue weighted by atomic mass is 9.99. The van der Waals surface area contributed by atoms with E-state index in [0.29, 0.717) is 0 Å². The lowest BCUT2D eigenvalue weighted by molar-refractivity contribution is -0.386. The summed E-state index contributed by atoms with van der Waals surface area (Å²) < 4.78 is 0. The normalized spacial score (nSPS) is 13.5. The number of carboxylic acids is 2. The number of aliphatic carboxylic acids is 1. The molecule has 0 aliphatic rings. The lowest BCUT2D eigenvalue weighted by Crippen LogP contribution is -2.22. The molecular formula is C11H11NO8. The molecule has 0 bridgehead atoms. The van der Waals surface area contributed by atoms with E-state index in [9.17, 15) is 29.9 Å². The molecule has 0 heterocycles. The van der Waals surface area contributed by atoms with Crippen LogP contribution < -0.4 is 0 Å². The van der Waals surface area contributed by atoms with Gasteiger partial charge in [0, 0.05) is 6.07 Å². The van der Waals surface area contributed by atoms with Crippen molar-refractivity contribution >= 4 is 17.6 Å². The molecular weight excluding hydrogens is 274 g/mol. The van der Waals surface area contributed by atoms with Gasteiger partial charge in [-0.15, -0.1) is 0 Å². The van der Waals surface area contributed by atoms with Crippen LogP contribution in [-0.4, -0.2) is 43.4 Å². The fraction of sp³-hybridized carbons (Fsp3) is 0.273. The summed E-state index contributed by atoms with van der Waals surface area (Å²) in [5.41, 5.74) is -1.42. The Morgan fingerprint density at radius 2 is 1.85 bits per heavy atom. The maximum absolute atomic E-state index is 10.8. The van der Waals surface area contributed by atoms with E-state index in [0.717, 1.165) is 18.2 Å². The van der Waals surface area contributed by atoms with Crippen molar-refractivity contribution in [1.82, 2.24) is 0 Å². The Labute approximate surface area is 111 Å². The number of nitro benzene ring substituents is 1. The summed E-state index contributed by atoms with van der Waals surface area (Å²) in [6.07, 6.45) is -4.37. The monoisotopic (exact) mass is 285 g/mol. The van der Waals surface area contributed by atoms with Gasteiger partial charge in [0.05, 0.1) is 28.6 Å². The van der Waals surface area contributed by atoms with Gasteiger partial charge in [-0.3, -0.25) is 14.9 Å². The van der Waals surface area contributed by atoms with Gasteiger partial charge in [-0.1, -0.05) is 0 Å². The fourth-order valence-electron chi connectivity index (χ4n) is 1.58. The van der Waals surface area contributed by atoms with Crippen molar-refractivity contribution in [2.45, 2.75) is 18.6 Å². The first-order chi connectivity index (χ1) is 9.23. The van der Waals surface area contributed by atoms with Crippen LogP contribution in [0.15, 0.2) is 18.2 Å². The molecule has 20 heavy (non-hydrogen) atoms. The van der Waals surface area contributed by atoms with Crippen molar-refractivity contribution in [3.63, 3.8) is 0 Å². The van der Waals surface area contributed by atoms with E-state index in [2.05, 4.69) is 0 Å². The topological polar surface area (TPSA) is 158 Å². The predicted molar refractivity (Wildman–Crippen MR) is 63.3 cm³/mol. The van der Waals surface area contributed by atoms with Gasteiger partial charge >= 0.3 is 11.9 Å². The molecule has 9 heteroatoms. The highest BCUT2D eigenvalue weighted by atomic mass is 16.6. The quantitative estimate of drug-likeness (QED) is 0.425. The molecule has 1 rings (SSSR count). The minimum absolute atomic E-state index is 0.353. The fourth-order valence-corrected chi connectivity index (χ4v) is 1.58. The molecule has 2 atom stereocenters. The van der Waals surface area contributed by atoms with Crippen LogP contribution in [0.25, 0.3) is 0 Å². The van der Waals surface area contributed by atoms with Gasteiger partial charge in [-0.05, 0) is 12.1 Å². The smallest absolute Gasteiger partial charge is 0.335 e. The number of hydrogen-bond donors (Lipinski definition) is 4. The molecule has 0 aliphatic heterocycles. The van der Waals surface area contributed by atoms with Crippen LogP contribution in [0, 0.1) is 10.1 Å². The molecule has 9 nitrogen and oxygen atoms in total. The molecule has 0 fully saturated rings. The third-order valence-corrected chi connectivity index (χ3v) is 2.54. The number of aliphatic hydroxyl groups is 2. The van der Waals surface area contributed by atoms with Crippen LogP contribution in [0.5, 0.6) is 0 Å². The number of aromatic carboxylic acids is 1. The second-order valence-electron chi connectivity index (χ2n) is 3.95. The summed E-state index contributed by atoms with van der Waals surface area (Å²) in [5, 5.41) is 47.3. The zero-order chi connectivity index (χ0) is 15.4. The van der Waals surface area contributed by atoms with Crippen LogP contribution in [0.1, 0.15) is 28.4 Å². The highest BCUT2D eigenvalue weighted by molar-refractivity contribution is 5.88. The Morgan fingerprint density at radius 1 is 1.25 bits per heavy atom. The molecule has 2 unspecified atom stereocenters. The van der Waals surface area contributed by atoms with Crippen molar-refractivity contribution in [3.8, 4) is 0 Å². The molecule has 0 amide bonds. The molecule has 4 N–H and O–H groups in total. The van der Waals surface area contributed by atoms with Crippen molar-refractivity contribution < 1.29 is 34.9 Å². The first-order valence-electron chi connectivity index (χ1n) is 5.33. The first kappa shape index (κ1) is 15.5. The van der Waals surface area contributed by atoms with Gasteiger partial charge in [-0.25, -0.2) is 4.79 Å². The Balaban J connectivity index is 3.20. The molecule has 0 aliphatic carbocycles. The summed E-state index contributed by atoms with van der Waals surface area (Å²) in [5.74, 6) is -2.78. The second-order valence-corrected chi connectivity index (χ2v) is 3.95. The standard InChI is InChI=1S/C11H11NO8/c13-8(4-9(14)15)10(16)6-2-1-5(11(17)18)3-7(6)12(19)20/h1-3,8,10,13,16H,4H2,(H,14,15)(H,17,18). The predicted octanol–water partition coefficient (Wildman–Crippen LogP) is 0.162. The van der Waals surface area contributed by atoms with E-state index in [4.69, 9.17) is 10.2 Å². The number of hydrogen-bond acceptors (Lipinski definition) is 6. The molecule has 108 valence electrons. The van der Waals surface area contributed by atoms with Gasteiger partial charge in [0.15, 0.2) is 0 Å². The van der Waals surface area contributed by atoms with E-state index >= 15 is 0 Å². The van der Waals surface area contributed by atoms with Crippen LogP contribution in [-0.2, 0) is 4.79 Å². The Hall–Kier alpha value is -2.52. The lowest BCUT2D eigenvalue weighted by Gasteiger charge is -2.16. The number of nitro groups is 1. The van der Waals surface area contributed by atoms with Crippen molar-refractivity contribution in [1.29, 1.82) is 0 Å². The number of rotatable bonds is 6. The Morgan fingerprint density at radius 3 is 2.30 bits per heavy atom. The SMILES string of the molecule is O=C(O)CC(O)C(O)c1ccc(C(=O)O)cc1[N+](=O)[O-]. The van der Waals surface area contributed by atoms with Gasteiger partial charge in [-0.2, -0.15) is 0 Å². The highest BCUT2D eigenvalue weighted by Gasteiger charge is 2.28. The molecule has 0 spiro atoms. The van der Waals surface area contributed by atoms with Crippen LogP contribution in [0.2, 0.25) is 0 Å². The van der Waals surface area contributed by atoms with E-state index in [1.807, 2.05) is 0 Å². The summed E-state index contributed by atoms with van der Waals surface area (Å²) >= 11 is 0. The van der Waals surface area contributed by atoms with Gasteiger partial charge in [0.1, 0.15) is 6.10 Å². The minimum atomic E-state index is -1.81. The summed E-state index contributed by atoms with van der Waals surface area (Å²) in [4.78, 5) is 31.1. The Bertz CT molecular complexity index is 555. The van der Waals surface area contributed by atoms with Gasteiger partial charge in [0.25, 0.3) is 5.69 Å². The number of carboxylic acid groups (broad SMARTS) is 2. The summed E-state index contributed by atoms with van der Waals surface area (Å²) in [6.45, 7) is 0. The molecule has 1 aromatic carbocycles. The molecule has 0 aromatic heterocycles. The molecule has 0 radical (unpaired) electrons. The summed E-state index contributed by atoms with van der Waals surface area (Å²) in [7, 11) is 0. The van der Waals surface area contributed by atoms with E-state index in [1.54, 1.807) is 0 Å². The molecule has 0 saturated heterocycles. The molecule has 1 aromatic rings. The zero-order valence-corrected chi connectivity index (χ0v) is 9.96. The third kappa shape index (κ3) is 3.49. The average molecular weight is 285 g/mol. The number of carbonyl (C=O) groups is 2. The third-order valence-electron chi connectivity index (χ3n) is 2.54. The second kappa shape index (κ2) is 6.08. The minimum Gasteiger partial charge on any atom is -0.481 e. The average Bonchev–Trinajstić information content (AvgIpc) is 2.36. The molecule has 0 saturated carbocycles. The maximum Gasteiger partial charge on any atom is 0.335 e. The highest BCUT2D eigenvalue weighted by Crippen LogP contribution is 2.29. The largest absolute Gasteiger partial charge is 0.481 e. The Kier molecular flexibility index (Phi) is 4.73. The van der Waals surface area contributed by atoms with Crippen molar-refractivity contribution in [3.05, 3.63) is 39.4 Å². The number of benzene rings is 1.